The average Bonchev–Trinajstić information content (AvgIpc) is 2.59. The Bertz CT molecular complexity index is 862. The maximum Gasteiger partial charge on any atom is 0.264 e. The molecule has 1 amide bonds. The molecule has 0 aromatic heterocycles. The third-order valence-corrected chi connectivity index (χ3v) is 5.66. The normalized spacial score (nSPS) is 14.5. The fourth-order valence-corrected chi connectivity index (χ4v) is 4.05. The molecule has 1 aliphatic heterocycles. The first-order valence-electron chi connectivity index (χ1n) is 7.56. The first-order valence-corrected chi connectivity index (χ1v) is 9.00. The van der Waals surface area contributed by atoms with Crippen molar-refractivity contribution in [3.8, 4) is 5.75 Å². The van der Waals surface area contributed by atoms with Gasteiger partial charge in [-0.15, -0.1) is 0 Å². The smallest absolute Gasteiger partial charge is 0.264 e. The fourth-order valence-electron chi connectivity index (χ4n) is 2.62. The van der Waals surface area contributed by atoms with E-state index >= 15 is 0 Å². The molecule has 2 aromatic carbocycles. The highest BCUT2D eigenvalue weighted by atomic mass is 32.2. The Balaban J connectivity index is 2.03. The number of fused-ring (bicyclic) bond motifs is 1. The van der Waals surface area contributed by atoms with E-state index in [1.54, 1.807) is 43.4 Å². The Hall–Kier alpha value is -2.54. The summed E-state index contributed by atoms with van der Waals surface area (Å²) < 4.78 is 32.5. The molecular formula is C17H18N2O4S. The molecule has 6 nitrogen and oxygen atoms in total. The molecule has 1 heterocycles. The first-order chi connectivity index (χ1) is 11.4. The van der Waals surface area contributed by atoms with Gasteiger partial charge >= 0.3 is 0 Å². The van der Waals surface area contributed by atoms with Crippen molar-refractivity contribution in [3.63, 3.8) is 0 Å². The molecule has 0 spiro atoms. The summed E-state index contributed by atoms with van der Waals surface area (Å²) >= 11 is 0. The number of sulfonamides is 1. The maximum absolute atomic E-state index is 13.0. The zero-order valence-electron chi connectivity index (χ0n) is 13.5. The standard InChI is InChI=1S/C17H18N2O4S/c1-3-23-13-8-10-14(11-9-13)24(21,22)19-12-17(20)18(2)15-6-4-5-7-16(15)19/h4-11H,3,12H2,1-2H3. The molecule has 1 aliphatic rings. The predicted octanol–water partition coefficient (Wildman–Crippen LogP) is 2.26. The van der Waals surface area contributed by atoms with Crippen LogP contribution in [0.5, 0.6) is 5.75 Å². The van der Waals surface area contributed by atoms with Crippen LogP contribution in [0.3, 0.4) is 0 Å². The van der Waals surface area contributed by atoms with Gasteiger partial charge in [0.25, 0.3) is 10.0 Å². The molecule has 0 aliphatic carbocycles. The third-order valence-electron chi connectivity index (χ3n) is 3.89. The van der Waals surface area contributed by atoms with Crippen LogP contribution < -0.4 is 13.9 Å². The predicted molar refractivity (Wildman–Crippen MR) is 92.0 cm³/mol. The van der Waals surface area contributed by atoms with Crippen molar-refractivity contribution in [1.82, 2.24) is 0 Å². The highest BCUT2D eigenvalue weighted by molar-refractivity contribution is 7.92. The van der Waals surface area contributed by atoms with E-state index in [1.165, 1.54) is 17.0 Å². The zero-order valence-corrected chi connectivity index (χ0v) is 14.3. The lowest BCUT2D eigenvalue weighted by Crippen LogP contribution is -2.46. The van der Waals surface area contributed by atoms with E-state index in [2.05, 4.69) is 0 Å². The van der Waals surface area contributed by atoms with Crippen molar-refractivity contribution in [2.45, 2.75) is 11.8 Å². The second-order valence-electron chi connectivity index (χ2n) is 5.36. The van der Waals surface area contributed by atoms with E-state index < -0.39 is 10.0 Å². The summed E-state index contributed by atoms with van der Waals surface area (Å²) in [4.78, 5) is 13.8. The molecule has 126 valence electrons. The monoisotopic (exact) mass is 346 g/mol. The number of ether oxygens (including phenoxy) is 1. The molecule has 0 saturated heterocycles. The molecule has 2 aromatic rings. The second-order valence-corrected chi connectivity index (χ2v) is 7.22. The molecular weight excluding hydrogens is 328 g/mol. The van der Waals surface area contributed by atoms with Gasteiger partial charge in [-0.1, -0.05) is 12.1 Å². The number of benzene rings is 2. The van der Waals surface area contributed by atoms with Gasteiger partial charge in [-0.3, -0.25) is 9.10 Å². The second kappa shape index (κ2) is 6.16. The van der Waals surface area contributed by atoms with Gasteiger partial charge in [0.2, 0.25) is 5.91 Å². The van der Waals surface area contributed by atoms with E-state index in [0.717, 1.165) is 4.31 Å². The highest BCUT2D eigenvalue weighted by Crippen LogP contribution is 2.36. The third kappa shape index (κ3) is 2.71. The van der Waals surface area contributed by atoms with E-state index in [0.29, 0.717) is 23.7 Å². The summed E-state index contributed by atoms with van der Waals surface area (Å²) in [5.74, 6) is 0.328. The van der Waals surface area contributed by atoms with Crippen LogP contribution >= 0.6 is 0 Å². The number of anilines is 2. The Morgan fingerprint density at radius 2 is 1.67 bits per heavy atom. The van der Waals surface area contributed by atoms with Crippen molar-refractivity contribution >= 4 is 27.3 Å². The van der Waals surface area contributed by atoms with Gasteiger partial charge in [-0.2, -0.15) is 0 Å². The number of carbonyl (C=O) groups is 1. The fraction of sp³-hybridized carbons (Fsp3) is 0.235. The minimum absolute atomic E-state index is 0.123. The van der Waals surface area contributed by atoms with Gasteiger partial charge in [0, 0.05) is 7.05 Å². The minimum atomic E-state index is -3.83. The summed E-state index contributed by atoms with van der Waals surface area (Å²) in [5, 5.41) is 0. The Morgan fingerprint density at radius 3 is 2.29 bits per heavy atom. The quantitative estimate of drug-likeness (QED) is 0.852. The molecule has 0 unspecified atom stereocenters. The lowest BCUT2D eigenvalue weighted by molar-refractivity contribution is -0.117. The molecule has 0 atom stereocenters. The van der Waals surface area contributed by atoms with E-state index in [9.17, 15) is 13.2 Å². The van der Waals surface area contributed by atoms with Crippen molar-refractivity contribution < 1.29 is 17.9 Å². The molecule has 0 saturated carbocycles. The minimum Gasteiger partial charge on any atom is -0.494 e. The topological polar surface area (TPSA) is 66.9 Å². The SMILES string of the molecule is CCOc1ccc(S(=O)(=O)N2CC(=O)N(C)c3ccccc32)cc1. The Morgan fingerprint density at radius 1 is 1.04 bits per heavy atom. The summed E-state index contributed by atoms with van der Waals surface area (Å²) in [7, 11) is -2.19. The van der Waals surface area contributed by atoms with Crippen LogP contribution in [0.25, 0.3) is 0 Å². The van der Waals surface area contributed by atoms with Crippen LogP contribution in [-0.4, -0.2) is 34.5 Å². The molecule has 0 fully saturated rings. The van der Waals surface area contributed by atoms with Gasteiger partial charge in [-0.25, -0.2) is 8.42 Å². The molecule has 0 bridgehead atoms. The molecule has 3 rings (SSSR count). The average molecular weight is 346 g/mol. The van der Waals surface area contributed by atoms with Crippen LogP contribution in [0.1, 0.15) is 6.92 Å². The highest BCUT2D eigenvalue weighted by Gasteiger charge is 2.34. The zero-order chi connectivity index (χ0) is 17.3. The maximum atomic E-state index is 13.0. The summed E-state index contributed by atoms with van der Waals surface area (Å²) in [5.41, 5.74) is 1.07. The number of carbonyl (C=O) groups excluding carboxylic acids is 1. The van der Waals surface area contributed by atoms with Gasteiger partial charge < -0.3 is 9.64 Å². The number of amides is 1. The number of likely N-dealkylation sites (N-methyl/N-ethyl adjacent to an activating group) is 1. The van der Waals surface area contributed by atoms with Crippen molar-refractivity contribution in [2.24, 2.45) is 0 Å². The number of nitrogens with zero attached hydrogens (tertiary/aromatic N) is 2. The van der Waals surface area contributed by atoms with Crippen LogP contribution in [-0.2, 0) is 14.8 Å². The largest absolute Gasteiger partial charge is 0.494 e. The molecule has 24 heavy (non-hydrogen) atoms. The Kier molecular flexibility index (Phi) is 4.19. The number of hydrogen-bond donors (Lipinski definition) is 0. The van der Waals surface area contributed by atoms with Gasteiger partial charge in [0.05, 0.1) is 22.9 Å². The molecule has 7 heteroatoms. The number of hydrogen-bond acceptors (Lipinski definition) is 4. The van der Waals surface area contributed by atoms with E-state index in [-0.39, 0.29) is 17.3 Å². The van der Waals surface area contributed by atoms with Crippen LogP contribution in [0.2, 0.25) is 0 Å². The van der Waals surface area contributed by atoms with E-state index in [4.69, 9.17) is 4.74 Å². The first kappa shape index (κ1) is 16.3. The van der Waals surface area contributed by atoms with Crippen molar-refractivity contribution in [1.29, 1.82) is 0 Å². The Labute approximate surface area is 141 Å². The number of rotatable bonds is 4. The number of para-hydroxylation sites is 2. The van der Waals surface area contributed by atoms with Crippen LogP contribution in [0.4, 0.5) is 11.4 Å². The van der Waals surface area contributed by atoms with Crippen molar-refractivity contribution in [2.75, 3.05) is 29.4 Å². The van der Waals surface area contributed by atoms with Crippen LogP contribution in [0, 0.1) is 0 Å². The summed E-state index contributed by atoms with van der Waals surface area (Å²) in [6, 6.07) is 13.2. The summed E-state index contributed by atoms with van der Waals surface area (Å²) in [6.07, 6.45) is 0. The molecule has 0 N–H and O–H groups in total. The van der Waals surface area contributed by atoms with Gasteiger partial charge in [0.1, 0.15) is 12.3 Å². The molecule has 0 radical (unpaired) electrons. The van der Waals surface area contributed by atoms with Crippen LogP contribution in [0.15, 0.2) is 53.4 Å². The van der Waals surface area contributed by atoms with E-state index in [1.807, 2.05) is 6.92 Å². The lowest BCUT2D eigenvalue weighted by Gasteiger charge is -2.34. The summed E-state index contributed by atoms with van der Waals surface area (Å²) in [6.45, 7) is 2.15. The lowest BCUT2D eigenvalue weighted by atomic mass is 10.2. The van der Waals surface area contributed by atoms with Gasteiger partial charge in [0.15, 0.2) is 0 Å². The van der Waals surface area contributed by atoms with Gasteiger partial charge in [-0.05, 0) is 43.3 Å². The van der Waals surface area contributed by atoms with Crippen molar-refractivity contribution in [3.05, 3.63) is 48.5 Å².